The molecule has 0 fully saturated rings. The molecule has 0 bridgehead atoms. The van der Waals surface area contributed by atoms with Gasteiger partial charge in [-0.2, -0.15) is 0 Å². The summed E-state index contributed by atoms with van der Waals surface area (Å²) in [4.78, 5) is 11.5. The third-order valence-electron chi connectivity index (χ3n) is 2.55. The molecule has 0 saturated heterocycles. The molecule has 0 radical (unpaired) electrons. The van der Waals surface area contributed by atoms with E-state index in [1.165, 1.54) is 0 Å². The fourth-order valence-corrected chi connectivity index (χ4v) is 1.72. The van der Waals surface area contributed by atoms with Crippen LogP contribution in [0.3, 0.4) is 0 Å². The minimum Gasteiger partial charge on any atom is -0.466 e. The molecule has 96 valence electrons. The maximum atomic E-state index is 11.5. The maximum Gasteiger partial charge on any atom is 0.308 e. The topological polar surface area (TPSA) is 35.5 Å². The van der Waals surface area contributed by atoms with E-state index >= 15 is 0 Å². The molecule has 1 atom stereocenters. The smallest absolute Gasteiger partial charge is 0.308 e. The summed E-state index contributed by atoms with van der Waals surface area (Å²) in [5, 5.41) is 0. The molecule has 3 nitrogen and oxygen atoms in total. The Labute approximate surface area is 99.5 Å². The second-order valence-electron chi connectivity index (χ2n) is 4.38. The van der Waals surface area contributed by atoms with Crippen molar-refractivity contribution in [2.24, 2.45) is 0 Å². The summed E-state index contributed by atoms with van der Waals surface area (Å²) in [6, 6.07) is 0. The van der Waals surface area contributed by atoms with Crippen molar-refractivity contribution in [3.8, 4) is 0 Å². The second-order valence-corrected chi connectivity index (χ2v) is 4.38. The first kappa shape index (κ1) is 15.4. The summed E-state index contributed by atoms with van der Waals surface area (Å²) in [7, 11) is 0. The SMILES string of the molecule is CCCCOC(C)(CCC)CC(=O)OCC. The minimum atomic E-state index is -0.351. The van der Waals surface area contributed by atoms with Crippen molar-refractivity contribution < 1.29 is 14.3 Å². The summed E-state index contributed by atoms with van der Waals surface area (Å²) in [5.41, 5.74) is -0.351. The van der Waals surface area contributed by atoms with Gasteiger partial charge in [-0.15, -0.1) is 0 Å². The van der Waals surface area contributed by atoms with Crippen molar-refractivity contribution in [3.63, 3.8) is 0 Å². The number of esters is 1. The second kappa shape index (κ2) is 8.57. The normalized spacial score (nSPS) is 14.5. The number of ether oxygens (including phenoxy) is 2. The van der Waals surface area contributed by atoms with E-state index in [0.717, 1.165) is 32.3 Å². The third kappa shape index (κ3) is 6.83. The van der Waals surface area contributed by atoms with Crippen LogP contribution in [0, 0.1) is 0 Å². The zero-order valence-corrected chi connectivity index (χ0v) is 11.2. The monoisotopic (exact) mass is 230 g/mol. The highest BCUT2D eigenvalue weighted by Gasteiger charge is 2.28. The van der Waals surface area contributed by atoms with Gasteiger partial charge in [0.1, 0.15) is 0 Å². The standard InChI is InChI=1S/C13H26O3/c1-5-8-10-16-13(4,9-6-2)11-12(14)15-7-3/h5-11H2,1-4H3. The quantitative estimate of drug-likeness (QED) is 0.450. The number of hydrogen-bond acceptors (Lipinski definition) is 3. The van der Waals surface area contributed by atoms with E-state index < -0.39 is 0 Å². The summed E-state index contributed by atoms with van der Waals surface area (Å²) >= 11 is 0. The minimum absolute atomic E-state index is 0.157. The van der Waals surface area contributed by atoms with Gasteiger partial charge in [0, 0.05) is 6.61 Å². The zero-order valence-electron chi connectivity index (χ0n) is 11.2. The van der Waals surface area contributed by atoms with E-state index in [1.54, 1.807) is 0 Å². The summed E-state index contributed by atoms with van der Waals surface area (Å²) in [6.07, 6.45) is 4.43. The average Bonchev–Trinajstić information content (AvgIpc) is 2.18. The molecule has 0 amide bonds. The molecule has 0 aliphatic carbocycles. The van der Waals surface area contributed by atoms with E-state index in [-0.39, 0.29) is 11.6 Å². The Kier molecular flexibility index (Phi) is 8.26. The molecule has 0 aliphatic rings. The van der Waals surface area contributed by atoms with Gasteiger partial charge in [-0.3, -0.25) is 4.79 Å². The van der Waals surface area contributed by atoms with Crippen LogP contribution in [-0.4, -0.2) is 24.8 Å². The van der Waals surface area contributed by atoms with Crippen LogP contribution < -0.4 is 0 Å². The lowest BCUT2D eigenvalue weighted by atomic mass is 9.96. The van der Waals surface area contributed by atoms with Crippen LogP contribution in [0.2, 0.25) is 0 Å². The van der Waals surface area contributed by atoms with Gasteiger partial charge < -0.3 is 9.47 Å². The molecule has 16 heavy (non-hydrogen) atoms. The van der Waals surface area contributed by atoms with Crippen LogP contribution in [0.15, 0.2) is 0 Å². The molecule has 0 heterocycles. The van der Waals surface area contributed by atoms with Crippen molar-refractivity contribution in [3.05, 3.63) is 0 Å². The van der Waals surface area contributed by atoms with Crippen molar-refractivity contribution in [2.75, 3.05) is 13.2 Å². The Morgan fingerprint density at radius 3 is 2.38 bits per heavy atom. The Morgan fingerprint density at radius 2 is 1.88 bits per heavy atom. The van der Waals surface area contributed by atoms with Crippen molar-refractivity contribution in [1.29, 1.82) is 0 Å². The van der Waals surface area contributed by atoms with Gasteiger partial charge in [-0.25, -0.2) is 0 Å². The van der Waals surface area contributed by atoms with E-state index in [4.69, 9.17) is 9.47 Å². The largest absolute Gasteiger partial charge is 0.466 e. The first-order valence-electron chi connectivity index (χ1n) is 6.37. The van der Waals surface area contributed by atoms with Gasteiger partial charge in [0.25, 0.3) is 0 Å². The molecule has 1 unspecified atom stereocenters. The Morgan fingerprint density at radius 1 is 1.19 bits per heavy atom. The lowest BCUT2D eigenvalue weighted by Gasteiger charge is -2.28. The van der Waals surface area contributed by atoms with Crippen LogP contribution in [0.5, 0.6) is 0 Å². The molecule has 0 aromatic rings. The molecule has 0 rings (SSSR count). The highest BCUT2D eigenvalue weighted by molar-refractivity contribution is 5.70. The van der Waals surface area contributed by atoms with E-state index in [1.807, 2.05) is 13.8 Å². The number of hydrogen-bond donors (Lipinski definition) is 0. The molecule has 0 N–H and O–H groups in total. The summed E-state index contributed by atoms with van der Waals surface area (Å²) in [5.74, 6) is -0.157. The highest BCUT2D eigenvalue weighted by Crippen LogP contribution is 2.23. The average molecular weight is 230 g/mol. The molecular formula is C13H26O3. The number of carbonyl (C=O) groups is 1. The number of rotatable bonds is 9. The van der Waals surface area contributed by atoms with Crippen molar-refractivity contribution in [1.82, 2.24) is 0 Å². The number of carbonyl (C=O) groups excluding carboxylic acids is 1. The predicted molar refractivity (Wildman–Crippen MR) is 65.4 cm³/mol. The van der Waals surface area contributed by atoms with E-state index in [0.29, 0.717) is 13.0 Å². The van der Waals surface area contributed by atoms with E-state index in [9.17, 15) is 4.79 Å². The fourth-order valence-electron chi connectivity index (χ4n) is 1.72. The van der Waals surface area contributed by atoms with Crippen LogP contribution in [0.25, 0.3) is 0 Å². The van der Waals surface area contributed by atoms with Crippen molar-refractivity contribution in [2.45, 2.75) is 65.4 Å². The van der Waals surface area contributed by atoms with Crippen LogP contribution in [0.1, 0.15) is 59.8 Å². The molecule has 0 aromatic carbocycles. The third-order valence-corrected chi connectivity index (χ3v) is 2.55. The molecule has 0 aromatic heterocycles. The van der Waals surface area contributed by atoms with Crippen LogP contribution in [-0.2, 0) is 14.3 Å². The Balaban J connectivity index is 4.14. The lowest BCUT2D eigenvalue weighted by Crippen LogP contribution is -2.33. The predicted octanol–water partition coefficient (Wildman–Crippen LogP) is 3.32. The van der Waals surface area contributed by atoms with Gasteiger partial charge in [-0.1, -0.05) is 26.7 Å². The lowest BCUT2D eigenvalue weighted by molar-refractivity contribution is -0.151. The Hall–Kier alpha value is -0.570. The summed E-state index contributed by atoms with van der Waals surface area (Å²) in [6.45, 7) is 9.23. The number of unbranched alkanes of at least 4 members (excludes halogenated alkanes) is 1. The highest BCUT2D eigenvalue weighted by atomic mass is 16.5. The van der Waals surface area contributed by atoms with Gasteiger partial charge in [0.2, 0.25) is 0 Å². The van der Waals surface area contributed by atoms with E-state index in [2.05, 4.69) is 13.8 Å². The molecule has 3 heteroatoms. The zero-order chi connectivity index (χ0) is 12.4. The Bertz CT molecular complexity index is 192. The van der Waals surface area contributed by atoms with Crippen LogP contribution >= 0.6 is 0 Å². The molecular weight excluding hydrogens is 204 g/mol. The first-order chi connectivity index (χ1) is 7.58. The molecule has 0 spiro atoms. The van der Waals surface area contributed by atoms with Gasteiger partial charge in [0.15, 0.2) is 0 Å². The fraction of sp³-hybridized carbons (Fsp3) is 0.923. The van der Waals surface area contributed by atoms with Crippen molar-refractivity contribution >= 4 is 5.97 Å². The van der Waals surface area contributed by atoms with Gasteiger partial charge >= 0.3 is 5.97 Å². The summed E-state index contributed by atoms with van der Waals surface area (Å²) < 4.78 is 10.8. The first-order valence-corrected chi connectivity index (χ1v) is 6.37. The van der Waals surface area contributed by atoms with Crippen LogP contribution in [0.4, 0.5) is 0 Å². The van der Waals surface area contributed by atoms with Gasteiger partial charge in [0.05, 0.1) is 18.6 Å². The maximum absolute atomic E-state index is 11.5. The van der Waals surface area contributed by atoms with Gasteiger partial charge in [-0.05, 0) is 26.7 Å². The molecule has 0 saturated carbocycles. The molecule has 0 aliphatic heterocycles.